The molecule has 2 aromatic rings. The van der Waals surface area contributed by atoms with Crippen LogP contribution >= 0.6 is 11.3 Å². The SMILES string of the molecule is CCCNC(c1ccsc1)c1cc(C)cc(C)c1. The minimum atomic E-state index is 0.329. The van der Waals surface area contributed by atoms with Gasteiger partial charge >= 0.3 is 0 Å². The van der Waals surface area contributed by atoms with E-state index >= 15 is 0 Å². The molecule has 1 N–H and O–H groups in total. The fourth-order valence-electron chi connectivity index (χ4n) is 2.33. The number of aryl methyl sites for hydroxylation is 2. The predicted molar refractivity (Wildman–Crippen MR) is 80.4 cm³/mol. The third-order valence-electron chi connectivity index (χ3n) is 3.05. The van der Waals surface area contributed by atoms with Crippen molar-refractivity contribution in [2.24, 2.45) is 0 Å². The second kappa shape index (κ2) is 6.17. The molecule has 0 aliphatic heterocycles. The molecule has 1 atom stereocenters. The highest BCUT2D eigenvalue weighted by molar-refractivity contribution is 7.08. The number of hydrogen-bond acceptors (Lipinski definition) is 2. The first-order chi connectivity index (χ1) is 8.70. The normalized spacial score (nSPS) is 12.6. The van der Waals surface area contributed by atoms with Crippen LogP contribution in [0.25, 0.3) is 0 Å². The molecule has 1 nitrogen and oxygen atoms in total. The third-order valence-corrected chi connectivity index (χ3v) is 3.75. The summed E-state index contributed by atoms with van der Waals surface area (Å²) in [6.45, 7) is 7.59. The molecule has 0 radical (unpaired) electrons. The minimum absolute atomic E-state index is 0.329. The maximum atomic E-state index is 3.65. The summed E-state index contributed by atoms with van der Waals surface area (Å²) in [5.74, 6) is 0. The number of hydrogen-bond donors (Lipinski definition) is 1. The van der Waals surface area contributed by atoms with E-state index in [-0.39, 0.29) is 0 Å². The van der Waals surface area contributed by atoms with E-state index in [9.17, 15) is 0 Å². The van der Waals surface area contributed by atoms with Crippen LogP contribution in [0.2, 0.25) is 0 Å². The van der Waals surface area contributed by atoms with Crippen molar-refractivity contribution >= 4 is 11.3 Å². The summed E-state index contributed by atoms with van der Waals surface area (Å²) in [6, 6.07) is 9.36. The molecule has 0 spiro atoms. The van der Waals surface area contributed by atoms with Gasteiger partial charge in [-0.15, -0.1) is 0 Å². The first-order valence-electron chi connectivity index (χ1n) is 6.54. The highest BCUT2D eigenvalue weighted by Crippen LogP contribution is 2.25. The Morgan fingerprint density at radius 3 is 2.39 bits per heavy atom. The molecule has 1 aromatic carbocycles. The van der Waals surface area contributed by atoms with E-state index in [0.717, 1.165) is 13.0 Å². The molecule has 1 unspecified atom stereocenters. The summed E-state index contributed by atoms with van der Waals surface area (Å²) >= 11 is 1.76. The van der Waals surface area contributed by atoms with Crippen molar-refractivity contribution in [1.82, 2.24) is 5.32 Å². The Balaban J connectivity index is 2.33. The fourth-order valence-corrected chi connectivity index (χ4v) is 3.02. The Morgan fingerprint density at radius 2 is 1.83 bits per heavy atom. The topological polar surface area (TPSA) is 12.0 Å². The van der Waals surface area contributed by atoms with Gasteiger partial charge in [-0.1, -0.05) is 36.2 Å². The maximum absolute atomic E-state index is 3.65. The zero-order chi connectivity index (χ0) is 13.0. The molecule has 0 aliphatic carbocycles. The van der Waals surface area contributed by atoms with Crippen molar-refractivity contribution < 1.29 is 0 Å². The van der Waals surface area contributed by atoms with Crippen LogP contribution in [0.15, 0.2) is 35.0 Å². The molecule has 2 rings (SSSR count). The monoisotopic (exact) mass is 259 g/mol. The Morgan fingerprint density at radius 1 is 1.11 bits per heavy atom. The van der Waals surface area contributed by atoms with E-state index < -0.39 is 0 Å². The fraction of sp³-hybridized carbons (Fsp3) is 0.375. The van der Waals surface area contributed by atoms with Gasteiger partial charge in [-0.3, -0.25) is 0 Å². The molecule has 0 bridgehead atoms. The summed E-state index contributed by atoms with van der Waals surface area (Å²) in [5.41, 5.74) is 5.42. The summed E-state index contributed by atoms with van der Waals surface area (Å²) in [7, 11) is 0. The van der Waals surface area contributed by atoms with E-state index in [0.29, 0.717) is 6.04 Å². The molecule has 2 heteroatoms. The average Bonchev–Trinajstić information content (AvgIpc) is 2.82. The van der Waals surface area contributed by atoms with E-state index in [1.54, 1.807) is 11.3 Å². The number of thiophene rings is 1. The van der Waals surface area contributed by atoms with Crippen molar-refractivity contribution in [3.63, 3.8) is 0 Å². The largest absolute Gasteiger partial charge is 0.306 e. The highest BCUT2D eigenvalue weighted by atomic mass is 32.1. The summed E-state index contributed by atoms with van der Waals surface area (Å²) in [5, 5.41) is 8.04. The molecule has 0 aliphatic rings. The second-order valence-electron chi connectivity index (χ2n) is 4.86. The summed E-state index contributed by atoms with van der Waals surface area (Å²) in [4.78, 5) is 0. The van der Waals surface area contributed by atoms with Gasteiger partial charge in [0.2, 0.25) is 0 Å². The van der Waals surface area contributed by atoms with Gasteiger partial charge in [0.1, 0.15) is 0 Å². The van der Waals surface area contributed by atoms with E-state index in [2.05, 4.69) is 61.1 Å². The number of benzene rings is 1. The first kappa shape index (κ1) is 13.3. The molecule has 1 aromatic heterocycles. The Kier molecular flexibility index (Phi) is 4.56. The molecule has 96 valence electrons. The number of nitrogens with one attached hydrogen (secondary N) is 1. The van der Waals surface area contributed by atoms with Crippen molar-refractivity contribution in [1.29, 1.82) is 0 Å². The first-order valence-corrected chi connectivity index (χ1v) is 7.48. The van der Waals surface area contributed by atoms with Gasteiger partial charge < -0.3 is 5.32 Å². The van der Waals surface area contributed by atoms with E-state index in [1.165, 1.54) is 22.3 Å². The van der Waals surface area contributed by atoms with Gasteiger partial charge in [0.05, 0.1) is 6.04 Å². The van der Waals surface area contributed by atoms with E-state index in [1.807, 2.05) is 0 Å². The molecule has 0 fully saturated rings. The standard InChI is InChI=1S/C16H21NS/c1-4-6-17-16(14-5-7-18-11-14)15-9-12(2)8-13(3)10-15/h5,7-11,16-17H,4,6H2,1-3H3. The molecule has 18 heavy (non-hydrogen) atoms. The summed E-state index contributed by atoms with van der Waals surface area (Å²) < 4.78 is 0. The van der Waals surface area contributed by atoms with Crippen LogP contribution in [0.3, 0.4) is 0 Å². The van der Waals surface area contributed by atoms with E-state index in [4.69, 9.17) is 0 Å². The van der Waals surface area contributed by atoms with Gasteiger partial charge in [0.15, 0.2) is 0 Å². The minimum Gasteiger partial charge on any atom is -0.306 e. The molecule has 0 amide bonds. The van der Waals surface area contributed by atoms with Crippen LogP contribution < -0.4 is 5.32 Å². The second-order valence-corrected chi connectivity index (χ2v) is 5.64. The third kappa shape index (κ3) is 3.21. The molecule has 1 heterocycles. The van der Waals surface area contributed by atoms with Crippen molar-refractivity contribution in [3.8, 4) is 0 Å². The number of rotatable bonds is 5. The summed E-state index contributed by atoms with van der Waals surface area (Å²) in [6.07, 6.45) is 1.16. The van der Waals surface area contributed by atoms with Crippen LogP contribution in [-0.2, 0) is 0 Å². The quantitative estimate of drug-likeness (QED) is 0.836. The molecule has 0 saturated carbocycles. The van der Waals surface area contributed by atoms with Crippen molar-refractivity contribution in [2.75, 3.05) is 6.54 Å². The molecule has 0 saturated heterocycles. The van der Waals surface area contributed by atoms with Crippen LogP contribution in [0.5, 0.6) is 0 Å². The zero-order valence-corrected chi connectivity index (χ0v) is 12.2. The maximum Gasteiger partial charge on any atom is 0.0585 e. The van der Waals surface area contributed by atoms with Gasteiger partial charge in [-0.2, -0.15) is 11.3 Å². The van der Waals surface area contributed by atoms with Crippen LogP contribution in [0.4, 0.5) is 0 Å². The van der Waals surface area contributed by atoms with Crippen molar-refractivity contribution in [2.45, 2.75) is 33.2 Å². The van der Waals surface area contributed by atoms with Gasteiger partial charge in [-0.05, 0) is 54.8 Å². The lowest BCUT2D eigenvalue weighted by Crippen LogP contribution is -2.22. The lowest BCUT2D eigenvalue weighted by atomic mass is 9.97. The molecular formula is C16H21NS. The van der Waals surface area contributed by atoms with Crippen LogP contribution in [-0.4, -0.2) is 6.54 Å². The van der Waals surface area contributed by atoms with Crippen LogP contribution in [0.1, 0.15) is 41.6 Å². The smallest absolute Gasteiger partial charge is 0.0585 e. The average molecular weight is 259 g/mol. The highest BCUT2D eigenvalue weighted by Gasteiger charge is 2.14. The Labute approximate surface area is 114 Å². The Bertz CT molecular complexity index is 468. The lowest BCUT2D eigenvalue weighted by Gasteiger charge is -2.19. The predicted octanol–water partition coefficient (Wildman–Crippen LogP) is 4.45. The van der Waals surface area contributed by atoms with Gasteiger partial charge in [-0.25, -0.2) is 0 Å². The Hall–Kier alpha value is -1.12. The van der Waals surface area contributed by atoms with Crippen molar-refractivity contribution in [3.05, 3.63) is 57.3 Å². The molecular weight excluding hydrogens is 238 g/mol. The zero-order valence-electron chi connectivity index (χ0n) is 11.4. The van der Waals surface area contributed by atoms with Crippen LogP contribution in [0, 0.1) is 13.8 Å². The van der Waals surface area contributed by atoms with Gasteiger partial charge in [0, 0.05) is 0 Å². The lowest BCUT2D eigenvalue weighted by molar-refractivity contribution is 0.599. The van der Waals surface area contributed by atoms with Gasteiger partial charge in [0.25, 0.3) is 0 Å².